The summed E-state index contributed by atoms with van der Waals surface area (Å²) < 4.78 is 25.6. The number of rotatable bonds is 2. The van der Waals surface area contributed by atoms with Gasteiger partial charge in [-0.05, 0) is 12.8 Å². The van der Waals surface area contributed by atoms with Crippen LogP contribution in [-0.2, 0) is 0 Å². The third-order valence-corrected chi connectivity index (χ3v) is 2.08. The third-order valence-electron chi connectivity index (χ3n) is 2.08. The lowest BCUT2D eigenvalue weighted by atomic mass is 9.97. The molecule has 0 fully saturated rings. The van der Waals surface area contributed by atoms with E-state index in [0.29, 0.717) is 12.8 Å². The first-order valence-electron chi connectivity index (χ1n) is 3.69. The van der Waals surface area contributed by atoms with E-state index in [1.807, 2.05) is 12.2 Å². The van der Waals surface area contributed by atoms with E-state index >= 15 is 0 Å². The van der Waals surface area contributed by atoms with Gasteiger partial charge in [-0.1, -0.05) is 19.1 Å². The first-order valence-corrected chi connectivity index (χ1v) is 3.69. The van der Waals surface area contributed by atoms with Crippen LogP contribution in [0.1, 0.15) is 26.2 Å². The summed E-state index contributed by atoms with van der Waals surface area (Å²) in [6, 6.07) is 0. The van der Waals surface area contributed by atoms with E-state index in [9.17, 15) is 8.78 Å². The van der Waals surface area contributed by atoms with Gasteiger partial charge in [-0.2, -0.15) is 0 Å². The Morgan fingerprint density at radius 3 is 2.30 bits per heavy atom. The average molecular weight is 146 g/mol. The predicted octanol–water partition coefficient (Wildman–Crippen LogP) is 3.00. The Morgan fingerprint density at radius 2 is 1.90 bits per heavy atom. The Morgan fingerprint density at radius 1 is 1.40 bits per heavy atom. The second kappa shape index (κ2) is 2.69. The second-order valence-corrected chi connectivity index (χ2v) is 2.75. The van der Waals surface area contributed by atoms with E-state index in [1.54, 1.807) is 6.92 Å². The fraction of sp³-hybridized carbons (Fsp3) is 0.750. The highest BCUT2D eigenvalue weighted by Gasteiger charge is 2.37. The topological polar surface area (TPSA) is 0 Å². The van der Waals surface area contributed by atoms with Crippen molar-refractivity contribution in [3.8, 4) is 0 Å². The molecule has 0 spiro atoms. The fourth-order valence-corrected chi connectivity index (χ4v) is 1.25. The number of hydrogen-bond acceptors (Lipinski definition) is 0. The number of hydrogen-bond donors (Lipinski definition) is 0. The van der Waals surface area contributed by atoms with Crippen LogP contribution < -0.4 is 0 Å². The van der Waals surface area contributed by atoms with Crippen molar-refractivity contribution in [3.05, 3.63) is 12.2 Å². The Labute approximate surface area is 59.9 Å². The highest BCUT2D eigenvalue weighted by molar-refractivity contribution is 4.98. The molecule has 0 aliphatic heterocycles. The molecular formula is C8H12F2. The smallest absolute Gasteiger partial charge is 0.207 e. The molecule has 0 saturated carbocycles. The summed E-state index contributed by atoms with van der Waals surface area (Å²) in [4.78, 5) is 0. The van der Waals surface area contributed by atoms with Gasteiger partial charge in [0.15, 0.2) is 0 Å². The monoisotopic (exact) mass is 146 g/mol. The van der Waals surface area contributed by atoms with Crippen molar-refractivity contribution >= 4 is 0 Å². The van der Waals surface area contributed by atoms with Crippen LogP contribution in [-0.4, -0.2) is 5.92 Å². The first-order chi connectivity index (χ1) is 4.67. The normalized spacial score (nSPS) is 20.3. The molecule has 0 aromatic rings. The molecule has 0 atom stereocenters. The molecule has 0 aromatic heterocycles. The van der Waals surface area contributed by atoms with Crippen LogP contribution >= 0.6 is 0 Å². The SMILES string of the molecule is CCC(F)(F)C1CC=CC1. The van der Waals surface area contributed by atoms with E-state index in [0.717, 1.165) is 0 Å². The molecule has 1 rings (SSSR count). The van der Waals surface area contributed by atoms with Crippen molar-refractivity contribution in [3.63, 3.8) is 0 Å². The molecule has 0 amide bonds. The molecule has 1 aliphatic rings. The molecule has 2 heteroatoms. The lowest BCUT2D eigenvalue weighted by Crippen LogP contribution is -2.24. The lowest BCUT2D eigenvalue weighted by molar-refractivity contribution is -0.0565. The largest absolute Gasteiger partial charge is 0.251 e. The second-order valence-electron chi connectivity index (χ2n) is 2.75. The summed E-state index contributed by atoms with van der Waals surface area (Å²) in [5, 5.41) is 0. The van der Waals surface area contributed by atoms with Crippen molar-refractivity contribution in [2.24, 2.45) is 5.92 Å². The van der Waals surface area contributed by atoms with Gasteiger partial charge in [0.1, 0.15) is 0 Å². The maximum Gasteiger partial charge on any atom is 0.251 e. The maximum atomic E-state index is 12.8. The maximum absolute atomic E-state index is 12.8. The van der Waals surface area contributed by atoms with Gasteiger partial charge in [-0.15, -0.1) is 0 Å². The molecule has 0 unspecified atom stereocenters. The van der Waals surface area contributed by atoms with Crippen LogP contribution in [0.5, 0.6) is 0 Å². The van der Waals surface area contributed by atoms with E-state index in [1.165, 1.54) is 0 Å². The van der Waals surface area contributed by atoms with Gasteiger partial charge in [0.2, 0.25) is 0 Å². The summed E-state index contributed by atoms with van der Waals surface area (Å²) in [5.41, 5.74) is 0. The van der Waals surface area contributed by atoms with Crippen LogP contribution in [0.15, 0.2) is 12.2 Å². The van der Waals surface area contributed by atoms with Gasteiger partial charge >= 0.3 is 0 Å². The number of alkyl halides is 2. The molecule has 0 bridgehead atoms. The van der Waals surface area contributed by atoms with Gasteiger partial charge in [-0.3, -0.25) is 0 Å². The van der Waals surface area contributed by atoms with Gasteiger partial charge in [0, 0.05) is 12.3 Å². The zero-order chi connectivity index (χ0) is 7.61. The van der Waals surface area contributed by atoms with Crippen molar-refractivity contribution in [2.45, 2.75) is 32.1 Å². The lowest BCUT2D eigenvalue weighted by Gasteiger charge is -2.20. The minimum Gasteiger partial charge on any atom is -0.207 e. The molecule has 0 saturated heterocycles. The summed E-state index contributed by atoms with van der Waals surface area (Å²) >= 11 is 0. The van der Waals surface area contributed by atoms with Crippen LogP contribution in [0.2, 0.25) is 0 Å². The van der Waals surface area contributed by atoms with Crippen molar-refractivity contribution < 1.29 is 8.78 Å². The van der Waals surface area contributed by atoms with Crippen molar-refractivity contribution in [1.29, 1.82) is 0 Å². The van der Waals surface area contributed by atoms with E-state index in [-0.39, 0.29) is 6.42 Å². The molecule has 0 N–H and O–H groups in total. The van der Waals surface area contributed by atoms with Gasteiger partial charge in [0.25, 0.3) is 5.92 Å². The molecule has 0 radical (unpaired) electrons. The Bertz CT molecular complexity index is 130. The van der Waals surface area contributed by atoms with Gasteiger partial charge < -0.3 is 0 Å². The molecule has 0 aromatic carbocycles. The molecule has 0 nitrogen and oxygen atoms in total. The zero-order valence-electron chi connectivity index (χ0n) is 6.11. The molecule has 58 valence electrons. The number of allylic oxidation sites excluding steroid dienone is 2. The minimum atomic E-state index is -2.44. The van der Waals surface area contributed by atoms with E-state index in [2.05, 4.69) is 0 Å². The molecule has 10 heavy (non-hydrogen) atoms. The van der Waals surface area contributed by atoms with Crippen LogP contribution in [0.25, 0.3) is 0 Å². The summed E-state index contributed by atoms with van der Waals surface area (Å²) in [6.07, 6.45) is 4.77. The quantitative estimate of drug-likeness (QED) is 0.525. The minimum absolute atomic E-state index is 0.0284. The summed E-state index contributed by atoms with van der Waals surface area (Å²) in [7, 11) is 0. The van der Waals surface area contributed by atoms with Crippen molar-refractivity contribution in [2.75, 3.05) is 0 Å². The molecule has 0 heterocycles. The van der Waals surface area contributed by atoms with Crippen LogP contribution in [0, 0.1) is 5.92 Å². The van der Waals surface area contributed by atoms with E-state index < -0.39 is 11.8 Å². The van der Waals surface area contributed by atoms with E-state index in [4.69, 9.17) is 0 Å². The average Bonchev–Trinajstić information content (AvgIpc) is 2.38. The zero-order valence-corrected chi connectivity index (χ0v) is 6.11. The molecule has 1 aliphatic carbocycles. The standard InChI is InChI=1S/C8H12F2/c1-2-8(9,10)7-5-3-4-6-7/h3-4,7H,2,5-6H2,1H3. The first kappa shape index (κ1) is 7.70. The summed E-state index contributed by atoms with van der Waals surface area (Å²) in [6.45, 7) is 1.54. The number of halogens is 2. The highest BCUT2D eigenvalue weighted by Crippen LogP contribution is 2.36. The highest BCUT2D eigenvalue weighted by atomic mass is 19.3. The predicted molar refractivity (Wildman–Crippen MR) is 37.1 cm³/mol. The van der Waals surface area contributed by atoms with Crippen LogP contribution in [0.4, 0.5) is 8.78 Å². The Hall–Kier alpha value is -0.400. The van der Waals surface area contributed by atoms with Crippen LogP contribution in [0.3, 0.4) is 0 Å². The van der Waals surface area contributed by atoms with Crippen molar-refractivity contribution in [1.82, 2.24) is 0 Å². The third kappa shape index (κ3) is 1.36. The molecular weight excluding hydrogens is 134 g/mol. The Balaban J connectivity index is 2.48. The van der Waals surface area contributed by atoms with Gasteiger partial charge in [-0.25, -0.2) is 8.78 Å². The Kier molecular flexibility index (Phi) is 2.07. The summed E-state index contributed by atoms with van der Waals surface area (Å²) in [5.74, 6) is -2.86. The fourth-order valence-electron chi connectivity index (χ4n) is 1.25. The van der Waals surface area contributed by atoms with Gasteiger partial charge in [0.05, 0.1) is 0 Å².